The molecule has 0 fully saturated rings. The van der Waals surface area contributed by atoms with Crippen molar-refractivity contribution in [3.05, 3.63) is 192 Å². The van der Waals surface area contributed by atoms with E-state index in [1.165, 1.54) is 11.1 Å². The summed E-state index contributed by atoms with van der Waals surface area (Å²) in [5, 5.41) is 12.0. The molecule has 7 aromatic carbocycles. The number of rotatable bonds is 8. The van der Waals surface area contributed by atoms with Crippen LogP contribution in [0.3, 0.4) is 0 Å². The van der Waals surface area contributed by atoms with E-state index in [0.717, 1.165) is 83.6 Å². The van der Waals surface area contributed by atoms with Crippen molar-refractivity contribution in [2.24, 2.45) is 0 Å². The number of nitrogens with zero attached hydrogens (tertiary/aromatic N) is 3. The van der Waals surface area contributed by atoms with Crippen LogP contribution in [0.15, 0.2) is 164 Å². The van der Waals surface area contributed by atoms with Crippen LogP contribution in [0.2, 0.25) is 0 Å². The second-order valence-electron chi connectivity index (χ2n) is 19.3. The minimum Gasteiger partial charge on any atom is -0.507 e. The first-order valence-corrected chi connectivity index (χ1v) is 22.2. The van der Waals surface area contributed by atoms with E-state index in [-0.39, 0.29) is 37.6 Å². The number of phenolic OH excluding ortho intramolecular Hbond substituents is 1. The summed E-state index contributed by atoms with van der Waals surface area (Å²) < 4.78 is 11.2. The molecule has 5 heteroatoms. The molecule has 0 saturated heterocycles. The normalized spacial score (nSPS) is 12.2. The Morgan fingerprint density at radius 3 is 1.83 bits per heavy atom. The van der Waals surface area contributed by atoms with Crippen molar-refractivity contribution >= 4 is 11.0 Å². The number of para-hydroxylation sites is 1. The zero-order valence-corrected chi connectivity index (χ0v) is 41.0. The van der Waals surface area contributed by atoms with Crippen molar-refractivity contribution < 1.29 is 27.5 Å². The molecular formula is C60H56N3OPt-. The number of fused-ring (bicyclic) bond motifs is 1. The summed E-state index contributed by atoms with van der Waals surface area (Å²) in [5.41, 5.74) is 17.0. The minimum atomic E-state index is -0.821. The Labute approximate surface area is 400 Å². The first-order chi connectivity index (χ1) is 30.9. The molecule has 328 valence electrons. The summed E-state index contributed by atoms with van der Waals surface area (Å²) in [7, 11) is 0. The number of pyridine rings is 1. The second kappa shape index (κ2) is 17.9. The molecule has 0 amide bonds. The van der Waals surface area contributed by atoms with Crippen LogP contribution in [-0.2, 0) is 31.9 Å². The number of aromatic hydroxyl groups is 1. The largest absolute Gasteiger partial charge is 0.507 e. The van der Waals surface area contributed by atoms with Gasteiger partial charge >= 0.3 is 0 Å². The third-order valence-electron chi connectivity index (χ3n) is 12.4. The third kappa shape index (κ3) is 9.02. The van der Waals surface area contributed by atoms with Gasteiger partial charge in [-0.2, -0.15) is 0 Å². The Morgan fingerprint density at radius 2 is 1.18 bits per heavy atom. The summed E-state index contributed by atoms with van der Waals surface area (Å²) in [4.78, 5) is 10.5. The van der Waals surface area contributed by atoms with Gasteiger partial charge in [0.25, 0.3) is 0 Å². The molecule has 0 atom stereocenters. The first-order valence-electron chi connectivity index (χ1n) is 22.7. The number of aromatic nitrogens is 3. The molecule has 0 radical (unpaired) electrons. The van der Waals surface area contributed by atoms with Gasteiger partial charge in [-0.25, -0.2) is 4.98 Å². The van der Waals surface area contributed by atoms with E-state index in [1.54, 1.807) is 0 Å². The minimum absolute atomic E-state index is 0. The molecule has 2 heterocycles. The molecule has 0 spiro atoms. The quantitative estimate of drug-likeness (QED) is 0.154. The maximum absolute atomic E-state index is 12.0. The van der Waals surface area contributed by atoms with Gasteiger partial charge in [0.1, 0.15) is 11.6 Å². The fourth-order valence-corrected chi connectivity index (χ4v) is 8.54. The maximum atomic E-state index is 12.0. The Hall–Kier alpha value is -6.35. The standard InChI is InChI=1S/C60H56N3O.Pt/c1-38(2)44-27-28-54(51(35-44)43-19-14-11-15-20-43)63-55-22-16-21-50(56(55)62-58(63)52-37-48(59(4,5)6)31-39(3)57(52)64)46-32-47(34-49(33-46)60(7,8)9)53-36-45(29-30-61-53)42-25-23-41(24-26-42)40-17-12-10-13-18-40;/h10-31,33-38,64H,1-9H3;/q-1;/i38D;. The molecule has 0 aliphatic heterocycles. The van der Waals surface area contributed by atoms with E-state index in [4.69, 9.17) is 11.3 Å². The van der Waals surface area contributed by atoms with Crippen molar-refractivity contribution in [1.82, 2.24) is 14.5 Å². The van der Waals surface area contributed by atoms with E-state index in [2.05, 4.69) is 186 Å². The fraction of sp³-hybridized carbons (Fsp3) is 0.200. The molecule has 2 aromatic heterocycles. The average Bonchev–Trinajstić information content (AvgIpc) is 3.68. The molecule has 0 aliphatic rings. The zero-order valence-electron chi connectivity index (χ0n) is 39.7. The van der Waals surface area contributed by atoms with Crippen molar-refractivity contribution in [2.45, 2.75) is 79.0 Å². The summed E-state index contributed by atoms with van der Waals surface area (Å²) in [6.45, 7) is 19.1. The van der Waals surface area contributed by atoms with Crippen LogP contribution in [0.4, 0.5) is 0 Å². The second-order valence-corrected chi connectivity index (χ2v) is 19.3. The van der Waals surface area contributed by atoms with Gasteiger partial charge in [-0.3, -0.25) is 9.55 Å². The van der Waals surface area contributed by atoms with Crippen LogP contribution < -0.4 is 0 Å². The van der Waals surface area contributed by atoms with Crippen LogP contribution in [0.1, 0.15) is 84.9 Å². The number of hydrogen-bond acceptors (Lipinski definition) is 3. The topological polar surface area (TPSA) is 50.9 Å². The van der Waals surface area contributed by atoms with E-state index < -0.39 is 5.89 Å². The summed E-state index contributed by atoms with van der Waals surface area (Å²) in [6.07, 6.45) is 1.89. The van der Waals surface area contributed by atoms with Crippen LogP contribution in [0.25, 0.3) is 83.9 Å². The van der Waals surface area contributed by atoms with E-state index in [9.17, 15) is 5.11 Å². The van der Waals surface area contributed by atoms with Crippen molar-refractivity contribution in [2.75, 3.05) is 0 Å². The van der Waals surface area contributed by atoms with Crippen molar-refractivity contribution in [1.29, 1.82) is 0 Å². The number of phenols is 1. The van der Waals surface area contributed by atoms with Gasteiger partial charge in [-0.15, -0.1) is 29.3 Å². The van der Waals surface area contributed by atoms with E-state index in [0.29, 0.717) is 11.4 Å². The summed E-state index contributed by atoms with van der Waals surface area (Å²) in [6, 6.07) is 58.8. The van der Waals surface area contributed by atoms with Gasteiger partial charge in [0.05, 0.1) is 22.3 Å². The number of benzene rings is 7. The van der Waals surface area contributed by atoms with Crippen molar-refractivity contribution in [3.63, 3.8) is 0 Å². The molecule has 4 nitrogen and oxygen atoms in total. The van der Waals surface area contributed by atoms with E-state index in [1.807, 2.05) is 51.2 Å². The Balaban J connectivity index is 0.00000592. The smallest absolute Gasteiger partial charge is 0.148 e. The summed E-state index contributed by atoms with van der Waals surface area (Å²) in [5.74, 6) is 0.0120. The fourth-order valence-electron chi connectivity index (χ4n) is 8.54. The average molecular weight is 1030 g/mol. The molecule has 65 heavy (non-hydrogen) atoms. The van der Waals surface area contributed by atoms with Gasteiger partial charge < -0.3 is 5.11 Å². The Kier molecular flexibility index (Phi) is 12.1. The van der Waals surface area contributed by atoms with Crippen LogP contribution in [0, 0.1) is 13.0 Å². The molecule has 9 rings (SSSR count). The van der Waals surface area contributed by atoms with Gasteiger partial charge in [-0.05, 0) is 98.5 Å². The molecular weight excluding hydrogens is 974 g/mol. The van der Waals surface area contributed by atoms with Gasteiger partial charge in [0.15, 0.2) is 0 Å². The maximum Gasteiger partial charge on any atom is 0.148 e. The SMILES string of the molecule is [2H]C(C)(C)c1ccc(-n2c(-c3cc(C(C)(C)C)cc(C)c3O)nc3c(-c4[c-]c(-c5cc(-c6ccc(-c7ccccc7)cc6)ccn5)cc(C(C)(C)C)c4)cccc32)c(-c2ccccc2)c1.[Pt]. The van der Waals surface area contributed by atoms with Crippen molar-refractivity contribution in [3.8, 4) is 78.6 Å². The molecule has 0 bridgehead atoms. The third-order valence-corrected chi connectivity index (χ3v) is 12.4. The Morgan fingerprint density at radius 1 is 0.585 bits per heavy atom. The van der Waals surface area contributed by atoms with Crippen LogP contribution in [0.5, 0.6) is 5.75 Å². The number of imidazole rings is 1. The molecule has 9 aromatic rings. The van der Waals surface area contributed by atoms with Gasteiger partial charge in [0, 0.05) is 39.9 Å². The summed E-state index contributed by atoms with van der Waals surface area (Å²) >= 11 is 0. The molecule has 0 unspecified atom stereocenters. The number of hydrogen-bond donors (Lipinski definition) is 1. The molecule has 0 aliphatic carbocycles. The molecule has 1 N–H and O–H groups in total. The first kappa shape index (κ1) is 43.9. The Bertz CT molecular complexity index is 3210. The number of aryl methyl sites for hydroxylation is 1. The molecule has 0 saturated carbocycles. The predicted octanol–water partition coefficient (Wildman–Crippen LogP) is 16.0. The van der Waals surface area contributed by atoms with Crippen LogP contribution in [-0.4, -0.2) is 19.6 Å². The zero-order chi connectivity index (χ0) is 45.8. The van der Waals surface area contributed by atoms with Gasteiger partial charge in [0.2, 0.25) is 0 Å². The predicted molar refractivity (Wildman–Crippen MR) is 268 cm³/mol. The van der Waals surface area contributed by atoms with E-state index >= 15 is 0 Å². The van der Waals surface area contributed by atoms with Gasteiger partial charge in [-0.1, -0.05) is 182 Å². The monoisotopic (exact) mass is 1030 g/mol. The van der Waals surface area contributed by atoms with Crippen LogP contribution >= 0.6 is 0 Å².